The fourth-order valence-corrected chi connectivity index (χ4v) is 9.68. The summed E-state index contributed by atoms with van der Waals surface area (Å²) in [5.41, 5.74) is 13.3. The van der Waals surface area contributed by atoms with Crippen molar-refractivity contribution < 1.29 is 0 Å². The number of hydrogen-bond donors (Lipinski definition) is 0. The van der Waals surface area contributed by atoms with Gasteiger partial charge in [0.15, 0.2) is 0 Å². The zero-order chi connectivity index (χ0) is 33.8. The number of nitrogens with zero attached hydrogens (tertiary/aromatic N) is 1. The second kappa shape index (κ2) is 12.0. The van der Waals surface area contributed by atoms with Crippen LogP contribution in [0.4, 0.5) is 17.1 Å². The molecule has 51 heavy (non-hydrogen) atoms. The summed E-state index contributed by atoms with van der Waals surface area (Å²) in [6.07, 6.45) is 0. The van der Waals surface area contributed by atoms with E-state index in [0.717, 1.165) is 11.4 Å². The van der Waals surface area contributed by atoms with Gasteiger partial charge in [-0.3, -0.25) is 0 Å². The van der Waals surface area contributed by atoms with Gasteiger partial charge in [0.1, 0.15) is 0 Å². The molecule has 0 aliphatic heterocycles. The SMILES string of the molecule is c1ccc(-c2ccc(N(c3ccccc3)c3ccc(C4(c5ccccc5)c5ccccc5-c5ccccc54)cc3)c3c2sc2ccccc23)cc1. The largest absolute Gasteiger partial charge is 0.310 e. The van der Waals surface area contributed by atoms with Crippen molar-refractivity contribution in [2.45, 2.75) is 5.41 Å². The molecule has 10 rings (SSSR count). The maximum Gasteiger partial charge on any atom is 0.0713 e. The summed E-state index contributed by atoms with van der Waals surface area (Å²) < 4.78 is 2.60. The molecule has 2 heteroatoms. The van der Waals surface area contributed by atoms with Crippen LogP contribution in [0.1, 0.15) is 22.3 Å². The van der Waals surface area contributed by atoms with E-state index < -0.39 is 5.41 Å². The Bertz CT molecular complexity index is 2630. The molecule has 240 valence electrons. The van der Waals surface area contributed by atoms with Crippen LogP contribution in [0.5, 0.6) is 0 Å². The Morgan fingerprint density at radius 2 is 0.922 bits per heavy atom. The van der Waals surface area contributed by atoms with Crippen molar-refractivity contribution in [1.29, 1.82) is 0 Å². The van der Waals surface area contributed by atoms with Gasteiger partial charge in [-0.2, -0.15) is 0 Å². The van der Waals surface area contributed by atoms with E-state index in [-0.39, 0.29) is 0 Å². The number of thiophene rings is 1. The standard InChI is InChI=1S/C49H33NS/c1-4-16-34(17-5-1)39-32-33-45(47-42-24-12-15-27-46(42)51-48(39)47)50(37-20-8-3-9-21-37)38-30-28-36(29-31-38)49(35-18-6-2-7-19-35)43-25-13-10-22-40(43)41-23-11-14-26-44(41)49/h1-33H. The molecule has 0 fully saturated rings. The predicted molar refractivity (Wildman–Crippen MR) is 217 cm³/mol. The van der Waals surface area contributed by atoms with Gasteiger partial charge < -0.3 is 4.90 Å². The quantitative estimate of drug-likeness (QED) is 0.171. The van der Waals surface area contributed by atoms with E-state index in [2.05, 4.69) is 205 Å². The molecule has 0 saturated carbocycles. The fourth-order valence-electron chi connectivity index (χ4n) is 8.42. The van der Waals surface area contributed by atoms with Gasteiger partial charge in [0.25, 0.3) is 0 Å². The summed E-state index contributed by atoms with van der Waals surface area (Å²) in [6.45, 7) is 0. The van der Waals surface area contributed by atoms with Gasteiger partial charge in [-0.25, -0.2) is 0 Å². The fraction of sp³-hybridized carbons (Fsp3) is 0.0204. The van der Waals surface area contributed by atoms with Crippen molar-refractivity contribution in [1.82, 2.24) is 0 Å². The van der Waals surface area contributed by atoms with Gasteiger partial charge in [0.05, 0.1) is 11.1 Å². The number of rotatable bonds is 6. The molecule has 1 nitrogen and oxygen atoms in total. The molecule has 1 heterocycles. The van der Waals surface area contributed by atoms with E-state index in [1.54, 1.807) is 0 Å². The Morgan fingerprint density at radius 3 is 1.61 bits per heavy atom. The molecule has 1 aliphatic carbocycles. The van der Waals surface area contributed by atoms with Gasteiger partial charge in [0.2, 0.25) is 0 Å². The zero-order valence-corrected chi connectivity index (χ0v) is 28.7. The van der Waals surface area contributed by atoms with E-state index in [4.69, 9.17) is 0 Å². The van der Waals surface area contributed by atoms with Crippen LogP contribution in [0, 0.1) is 0 Å². The number of hydrogen-bond acceptors (Lipinski definition) is 2. The minimum Gasteiger partial charge on any atom is -0.310 e. The number of fused-ring (bicyclic) bond motifs is 6. The molecular weight excluding hydrogens is 635 g/mol. The van der Waals surface area contributed by atoms with Crippen molar-refractivity contribution in [3.8, 4) is 22.3 Å². The van der Waals surface area contributed by atoms with E-state index in [0.29, 0.717) is 0 Å². The summed E-state index contributed by atoms with van der Waals surface area (Å²) in [4.78, 5) is 2.44. The number of anilines is 3. The molecule has 0 amide bonds. The maximum atomic E-state index is 2.44. The minimum atomic E-state index is -0.432. The molecule has 9 aromatic rings. The Kier molecular flexibility index (Phi) is 6.97. The van der Waals surface area contributed by atoms with Gasteiger partial charge >= 0.3 is 0 Å². The molecule has 1 aliphatic rings. The second-order valence-corrected chi connectivity index (χ2v) is 14.3. The minimum absolute atomic E-state index is 0.432. The first-order valence-corrected chi connectivity index (χ1v) is 18.3. The molecule has 0 saturated heterocycles. The normalized spacial score (nSPS) is 12.9. The Hall–Kier alpha value is -6.22. The molecular formula is C49H33NS. The predicted octanol–water partition coefficient (Wildman–Crippen LogP) is 13.6. The van der Waals surface area contributed by atoms with E-state index >= 15 is 0 Å². The van der Waals surface area contributed by atoms with Gasteiger partial charge in [-0.1, -0.05) is 164 Å². The summed E-state index contributed by atoms with van der Waals surface area (Å²) in [6, 6.07) is 73.3. The summed E-state index contributed by atoms with van der Waals surface area (Å²) >= 11 is 1.88. The lowest BCUT2D eigenvalue weighted by Crippen LogP contribution is -2.28. The van der Waals surface area contributed by atoms with Gasteiger partial charge in [0, 0.05) is 31.5 Å². The zero-order valence-electron chi connectivity index (χ0n) is 27.9. The van der Waals surface area contributed by atoms with Gasteiger partial charge in [-0.15, -0.1) is 11.3 Å². The molecule has 0 unspecified atom stereocenters. The van der Waals surface area contributed by atoms with Crippen molar-refractivity contribution >= 4 is 48.6 Å². The highest BCUT2D eigenvalue weighted by Crippen LogP contribution is 2.56. The lowest BCUT2D eigenvalue weighted by Gasteiger charge is -2.34. The van der Waals surface area contributed by atoms with Crippen LogP contribution >= 0.6 is 11.3 Å². The third-order valence-corrected chi connectivity index (χ3v) is 11.8. The first kappa shape index (κ1) is 29.7. The molecule has 0 radical (unpaired) electrons. The van der Waals surface area contributed by atoms with E-state index in [1.165, 1.54) is 70.4 Å². The number of para-hydroxylation sites is 1. The Balaban J connectivity index is 1.21. The van der Waals surface area contributed by atoms with Crippen molar-refractivity contribution in [3.63, 3.8) is 0 Å². The average Bonchev–Trinajstić information content (AvgIpc) is 3.75. The third kappa shape index (κ3) is 4.54. The first-order valence-electron chi connectivity index (χ1n) is 17.5. The molecule has 8 aromatic carbocycles. The maximum absolute atomic E-state index is 2.44. The Morgan fingerprint density at radius 1 is 0.392 bits per heavy atom. The summed E-state index contributed by atoms with van der Waals surface area (Å²) in [5.74, 6) is 0. The summed E-state index contributed by atoms with van der Waals surface area (Å²) in [5, 5.41) is 2.56. The number of benzene rings is 8. The highest BCUT2D eigenvalue weighted by molar-refractivity contribution is 7.26. The molecule has 1 aromatic heterocycles. The molecule has 0 bridgehead atoms. The van der Waals surface area contributed by atoms with E-state index in [1.807, 2.05) is 11.3 Å². The lowest BCUT2D eigenvalue weighted by molar-refractivity contribution is 0.768. The third-order valence-electron chi connectivity index (χ3n) is 10.6. The van der Waals surface area contributed by atoms with Crippen LogP contribution in [-0.4, -0.2) is 0 Å². The van der Waals surface area contributed by atoms with Gasteiger partial charge in [-0.05, 0) is 80.9 Å². The van der Waals surface area contributed by atoms with Crippen LogP contribution in [-0.2, 0) is 5.41 Å². The van der Waals surface area contributed by atoms with Crippen LogP contribution < -0.4 is 4.90 Å². The second-order valence-electron chi connectivity index (χ2n) is 13.2. The van der Waals surface area contributed by atoms with Crippen LogP contribution in [0.15, 0.2) is 200 Å². The average molecular weight is 668 g/mol. The molecule has 0 spiro atoms. The molecule has 0 atom stereocenters. The highest BCUT2D eigenvalue weighted by atomic mass is 32.1. The monoisotopic (exact) mass is 667 g/mol. The van der Waals surface area contributed by atoms with Crippen molar-refractivity contribution in [2.75, 3.05) is 4.90 Å². The first-order chi connectivity index (χ1) is 25.3. The van der Waals surface area contributed by atoms with Crippen LogP contribution in [0.2, 0.25) is 0 Å². The van der Waals surface area contributed by atoms with E-state index in [9.17, 15) is 0 Å². The summed E-state index contributed by atoms with van der Waals surface area (Å²) in [7, 11) is 0. The molecule has 0 N–H and O–H groups in total. The lowest BCUT2D eigenvalue weighted by atomic mass is 9.68. The van der Waals surface area contributed by atoms with Crippen molar-refractivity contribution in [3.05, 3.63) is 222 Å². The van der Waals surface area contributed by atoms with Crippen molar-refractivity contribution in [2.24, 2.45) is 0 Å². The van der Waals surface area contributed by atoms with Crippen LogP contribution in [0.3, 0.4) is 0 Å². The topological polar surface area (TPSA) is 3.24 Å². The highest BCUT2D eigenvalue weighted by Gasteiger charge is 2.45. The van der Waals surface area contributed by atoms with Crippen LogP contribution in [0.25, 0.3) is 42.4 Å². The Labute approximate surface area is 302 Å². The smallest absolute Gasteiger partial charge is 0.0713 e.